The van der Waals surface area contributed by atoms with Crippen molar-refractivity contribution in [2.24, 2.45) is 17.8 Å². The number of aliphatic hydroxyl groups is 1. The summed E-state index contributed by atoms with van der Waals surface area (Å²) in [7, 11) is 1.78. The molecule has 7 atom stereocenters. The highest BCUT2D eigenvalue weighted by Gasteiger charge is 2.74. The van der Waals surface area contributed by atoms with Gasteiger partial charge in [0.1, 0.15) is 6.04 Å². The van der Waals surface area contributed by atoms with Crippen molar-refractivity contribution in [2.75, 3.05) is 66.1 Å². The maximum absolute atomic E-state index is 14.5. The summed E-state index contributed by atoms with van der Waals surface area (Å²) in [5.74, 6) is -1.56. The second-order valence-corrected chi connectivity index (χ2v) is 13.4. The lowest BCUT2D eigenvalue weighted by atomic mass is 9.74. The maximum Gasteiger partial charge on any atom is 0.247 e. The molecule has 0 bridgehead atoms. The number of amides is 3. The van der Waals surface area contributed by atoms with Crippen LogP contribution >= 0.6 is 11.8 Å². The van der Waals surface area contributed by atoms with Crippen LogP contribution in [0.2, 0.25) is 0 Å². The van der Waals surface area contributed by atoms with Crippen molar-refractivity contribution in [1.82, 2.24) is 19.6 Å². The number of nitrogens with zero attached hydrogens (tertiary/aromatic N) is 4. The number of likely N-dealkylation sites (N-methyl/N-ethyl adjacent to an activating group) is 1. The van der Waals surface area contributed by atoms with E-state index >= 15 is 0 Å². The molecule has 3 fully saturated rings. The van der Waals surface area contributed by atoms with Crippen LogP contribution in [0.15, 0.2) is 24.3 Å². The molecule has 1 unspecified atom stereocenters. The van der Waals surface area contributed by atoms with E-state index in [4.69, 9.17) is 4.74 Å². The summed E-state index contributed by atoms with van der Waals surface area (Å²) in [6.07, 6.45) is 8.93. The van der Waals surface area contributed by atoms with Crippen LogP contribution in [0.3, 0.4) is 0 Å². The third-order valence-corrected chi connectivity index (χ3v) is 11.2. The molecule has 0 aromatic carbocycles. The minimum atomic E-state index is -0.875. The average Bonchev–Trinajstić information content (AvgIpc) is 3.19. The molecule has 3 saturated heterocycles. The Morgan fingerprint density at radius 2 is 1.76 bits per heavy atom. The number of likely N-dealkylation sites (tertiary alicyclic amines) is 1. The maximum atomic E-state index is 14.5. The molecule has 0 saturated carbocycles. The largest absolute Gasteiger partial charge is 0.394 e. The van der Waals surface area contributed by atoms with E-state index in [0.29, 0.717) is 32.8 Å². The van der Waals surface area contributed by atoms with Crippen LogP contribution in [0.1, 0.15) is 27.2 Å². The molecule has 0 aromatic heterocycles. The summed E-state index contributed by atoms with van der Waals surface area (Å²) in [6.45, 7) is 11.2. The van der Waals surface area contributed by atoms with Crippen molar-refractivity contribution in [2.45, 2.75) is 48.8 Å². The quantitative estimate of drug-likeness (QED) is 0.473. The summed E-state index contributed by atoms with van der Waals surface area (Å²) >= 11 is 1.60. The molecule has 5 heterocycles. The first-order chi connectivity index (χ1) is 18.2. The molecule has 38 heavy (non-hydrogen) atoms. The van der Waals surface area contributed by atoms with Gasteiger partial charge in [-0.25, -0.2) is 0 Å². The van der Waals surface area contributed by atoms with Crippen LogP contribution in [0.5, 0.6) is 0 Å². The minimum absolute atomic E-state index is 0.00504. The van der Waals surface area contributed by atoms with Gasteiger partial charge in [0, 0.05) is 51.1 Å². The van der Waals surface area contributed by atoms with Crippen molar-refractivity contribution >= 4 is 29.5 Å². The van der Waals surface area contributed by atoms with Gasteiger partial charge in [-0.1, -0.05) is 44.6 Å². The molecule has 3 amide bonds. The normalized spacial score (nSPS) is 37.1. The highest BCUT2D eigenvalue weighted by atomic mass is 32.2. The number of carbonyl (C=O) groups excluding carboxylic acids is 3. The zero-order chi connectivity index (χ0) is 27.2. The molecule has 5 aliphatic rings. The summed E-state index contributed by atoms with van der Waals surface area (Å²) in [5, 5.41) is 10.5. The molecule has 10 heteroatoms. The lowest BCUT2D eigenvalue weighted by Gasteiger charge is -2.41. The fourth-order valence-corrected chi connectivity index (χ4v) is 9.23. The second kappa shape index (κ2) is 10.6. The molecule has 5 rings (SSSR count). The van der Waals surface area contributed by atoms with Crippen LogP contribution < -0.4 is 0 Å². The first-order valence-electron chi connectivity index (χ1n) is 14.0. The number of ether oxygens (including phenoxy) is 1. The van der Waals surface area contributed by atoms with E-state index in [1.54, 1.807) is 28.6 Å². The second-order valence-electron chi connectivity index (χ2n) is 11.6. The molecule has 1 N–H and O–H groups in total. The van der Waals surface area contributed by atoms with Gasteiger partial charge < -0.3 is 24.5 Å². The Balaban J connectivity index is 1.56. The number of morpholine rings is 1. The van der Waals surface area contributed by atoms with E-state index in [1.807, 2.05) is 37.8 Å². The molecule has 9 nitrogen and oxygen atoms in total. The zero-order valence-electron chi connectivity index (χ0n) is 23.0. The summed E-state index contributed by atoms with van der Waals surface area (Å²) in [5.41, 5.74) is 0. The van der Waals surface area contributed by atoms with Gasteiger partial charge in [-0.05, 0) is 12.8 Å². The third-order valence-electron chi connectivity index (χ3n) is 9.41. The molecule has 0 radical (unpaired) electrons. The fourth-order valence-electron chi connectivity index (χ4n) is 7.09. The lowest BCUT2D eigenvalue weighted by molar-refractivity contribution is -0.148. The highest BCUT2D eigenvalue weighted by Crippen LogP contribution is 2.65. The van der Waals surface area contributed by atoms with E-state index in [-0.39, 0.29) is 30.2 Å². The SMILES string of the molecule is CC[C@H](C)[C@H](CO)N1C(=O)[C@@H]2[C@H]3C(=O)N(C)CC=C[C@@]3(C)S[C@@]23C=CCN(CCN2CCOCC2)C(=O)C13. The van der Waals surface area contributed by atoms with Crippen molar-refractivity contribution < 1.29 is 24.2 Å². The van der Waals surface area contributed by atoms with Crippen molar-refractivity contribution in [1.29, 1.82) is 0 Å². The van der Waals surface area contributed by atoms with Crippen LogP contribution in [-0.2, 0) is 19.1 Å². The minimum Gasteiger partial charge on any atom is -0.394 e. The van der Waals surface area contributed by atoms with E-state index in [2.05, 4.69) is 17.1 Å². The summed E-state index contributed by atoms with van der Waals surface area (Å²) < 4.78 is 3.99. The number of hydrogen-bond donors (Lipinski definition) is 1. The molecule has 0 aliphatic carbocycles. The van der Waals surface area contributed by atoms with Crippen molar-refractivity contribution in [3.63, 3.8) is 0 Å². The topological polar surface area (TPSA) is 93.6 Å². The van der Waals surface area contributed by atoms with Gasteiger partial charge in [-0.15, -0.1) is 11.8 Å². The highest BCUT2D eigenvalue weighted by molar-refractivity contribution is 8.02. The Kier molecular flexibility index (Phi) is 7.72. The van der Waals surface area contributed by atoms with Gasteiger partial charge in [0.2, 0.25) is 17.7 Å². The van der Waals surface area contributed by atoms with Crippen LogP contribution in [0.4, 0.5) is 0 Å². The molecular formula is C28H42N4O5S. The Hall–Kier alpha value is -1.88. The number of thioether (sulfide) groups is 1. The predicted molar refractivity (Wildman–Crippen MR) is 146 cm³/mol. The number of carbonyl (C=O) groups is 3. The first-order valence-corrected chi connectivity index (χ1v) is 14.8. The summed E-state index contributed by atoms with van der Waals surface area (Å²) in [6, 6.07) is -1.26. The first kappa shape index (κ1) is 27.7. The van der Waals surface area contributed by atoms with E-state index in [1.165, 1.54) is 0 Å². The standard InChI is InChI=1S/C28H42N4O5S/c1-5-19(2)20(18-33)32-23-26(36)31(13-12-30-14-16-37-17-15-30)11-7-9-28(23)22(25(32)35)21-24(34)29(4)10-6-8-27(21,3)38-28/h6-9,19-23,33H,5,10-18H2,1-4H3/t19-,20-,21-,22-,23?,27+,28-/m0/s1. The number of hydrogen-bond acceptors (Lipinski definition) is 7. The van der Waals surface area contributed by atoms with E-state index in [9.17, 15) is 19.5 Å². The molecule has 5 aliphatic heterocycles. The van der Waals surface area contributed by atoms with Crippen molar-refractivity contribution in [3.8, 4) is 0 Å². The van der Waals surface area contributed by atoms with Gasteiger partial charge in [0.15, 0.2) is 0 Å². The van der Waals surface area contributed by atoms with Gasteiger partial charge in [0.25, 0.3) is 0 Å². The Labute approximate surface area is 230 Å². The Morgan fingerprint density at radius 1 is 1.05 bits per heavy atom. The van der Waals surface area contributed by atoms with Crippen LogP contribution in [0, 0.1) is 17.8 Å². The van der Waals surface area contributed by atoms with E-state index in [0.717, 1.165) is 26.1 Å². The van der Waals surface area contributed by atoms with Gasteiger partial charge in [-0.2, -0.15) is 0 Å². The predicted octanol–water partition coefficient (Wildman–Crippen LogP) is 0.840. The monoisotopic (exact) mass is 546 g/mol. The van der Waals surface area contributed by atoms with Gasteiger partial charge >= 0.3 is 0 Å². The Bertz CT molecular complexity index is 1020. The van der Waals surface area contributed by atoms with Crippen molar-refractivity contribution in [3.05, 3.63) is 24.3 Å². The molecular weight excluding hydrogens is 504 g/mol. The third kappa shape index (κ3) is 4.32. The zero-order valence-corrected chi connectivity index (χ0v) is 23.9. The molecule has 1 spiro atoms. The van der Waals surface area contributed by atoms with Crippen LogP contribution in [0.25, 0.3) is 0 Å². The Morgan fingerprint density at radius 3 is 2.45 bits per heavy atom. The summed E-state index contributed by atoms with van der Waals surface area (Å²) in [4.78, 5) is 50.3. The molecule has 0 aromatic rings. The van der Waals surface area contributed by atoms with Crippen LogP contribution in [-0.4, -0.2) is 130 Å². The number of aliphatic hydroxyl groups excluding tert-OH is 1. The molecule has 210 valence electrons. The number of rotatable bonds is 7. The van der Waals surface area contributed by atoms with E-state index < -0.39 is 33.4 Å². The van der Waals surface area contributed by atoms with Gasteiger partial charge in [-0.3, -0.25) is 19.3 Å². The lowest BCUT2D eigenvalue weighted by Crippen LogP contribution is -2.58. The smallest absolute Gasteiger partial charge is 0.247 e. The van der Waals surface area contributed by atoms with Gasteiger partial charge in [0.05, 0.1) is 42.4 Å². The average molecular weight is 547 g/mol. The fraction of sp³-hybridized carbons (Fsp3) is 0.750. The number of fused-ring (bicyclic) bond motifs is 2.